The first-order valence-corrected chi connectivity index (χ1v) is 14.7. The smallest absolute Gasteiger partial charge is 0.456 e. The van der Waals surface area contributed by atoms with Gasteiger partial charge in [0, 0.05) is 27.1 Å². The molecule has 1 saturated heterocycles. The van der Waals surface area contributed by atoms with Crippen LogP contribution < -0.4 is 5.46 Å². The van der Waals surface area contributed by atoms with Crippen molar-refractivity contribution in [3.8, 4) is 11.5 Å². The molecule has 43 heavy (non-hydrogen) atoms. The maximum Gasteiger partial charge on any atom is 0.494 e. The van der Waals surface area contributed by atoms with Crippen LogP contribution in [0.5, 0.6) is 0 Å². The molecule has 5 nitrogen and oxygen atoms in total. The second-order valence-electron chi connectivity index (χ2n) is 12.6. The highest BCUT2D eigenvalue weighted by Gasteiger charge is 2.51. The van der Waals surface area contributed by atoms with Crippen LogP contribution in [0.2, 0.25) is 0 Å². The Hall–Kier alpha value is -4.65. The van der Waals surface area contributed by atoms with Gasteiger partial charge in [-0.2, -0.15) is 0 Å². The average molecular weight is 561 g/mol. The molecule has 1 aliphatic rings. The molecule has 6 aromatic carbocycles. The molecule has 2 aromatic heterocycles. The molecule has 0 bridgehead atoms. The lowest BCUT2D eigenvalue weighted by molar-refractivity contribution is 0.00578. The topological polar surface area (TPSA) is 57.6 Å². The van der Waals surface area contributed by atoms with E-state index >= 15 is 0 Å². The molecule has 208 valence electrons. The van der Waals surface area contributed by atoms with Gasteiger partial charge in [-0.15, -0.1) is 0 Å². The lowest BCUT2D eigenvalue weighted by Crippen LogP contribution is -2.41. The molecule has 0 amide bonds. The standard InChI is InChI=1S/C37H28BNO4/c1-36(2)37(3,4)43-38(42-36)25-15-17-26-23(19-25)12-11-21-9-10-22-14-18-29-34(33(22)32(21)26)41-35(39-29)24-13-16-28-27-7-5-6-8-30(27)40-31(28)20-24/h5-20H,1-4H3. The van der Waals surface area contributed by atoms with E-state index in [4.69, 9.17) is 23.1 Å². The quantitative estimate of drug-likeness (QED) is 0.156. The minimum absolute atomic E-state index is 0.392. The SMILES string of the molecule is CC1(C)OB(c2ccc3c(ccc4ccc5ccc6nc(-c7ccc8c(c7)oc7ccccc78)oc6c5c43)c2)OC1(C)C. The van der Waals surface area contributed by atoms with E-state index in [2.05, 4.69) is 94.4 Å². The second-order valence-corrected chi connectivity index (χ2v) is 12.6. The summed E-state index contributed by atoms with van der Waals surface area (Å²) in [5, 5.41) is 8.93. The normalized spacial score (nSPS) is 16.5. The van der Waals surface area contributed by atoms with Crippen molar-refractivity contribution in [2.24, 2.45) is 0 Å². The fraction of sp³-hybridized carbons (Fsp3) is 0.162. The van der Waals surface area contributed by atoms with Crippen LogP contribution in [0.25, 0.3) is 76.8 Å². The lowest BCUT2D eigenvalue weighted by Gasteiger charge is -2.32. The zero-order chi connectivity index (χ0) is 29.1. The van der Waals surface area contributed by atoms with Crippen molar-refractivity contribution in [2.75, 3.05) is 0 Å². The summed E-state index contributed by atoms with van der Waals surface area (Å²) in [5.74, 6) is 0.574. The lowest BCUT2D eigenvalue weighted by atomic mass is 9.78. The number of aromatic nitrogens is 1. The number of furan rings is 1. The Bertz CT molecular complexity index is 2420. The number of rotatable bonds is 2. The summed E-state index contributed by atoms with van der Waals surface area (Å²) in [6.45, 7) is 8.33. The van der Waals surface area contributed by atoms with Gasteiger partial charge in [-0.3, -0.25) is 0 Å². The van der Waals surface area contributed by atoms with Crippen molar-refractivity contribution in [3.63, 3.8) is 0 Å². The third-order valence-electron chi connectivity index (χ3n) is 9.51. The fourth-order valence-corrected chi connectivity index (χ4v) is 6.47. The molecule has 6 heteroatoms. The molecule has 1 aliphatic heterocycles. The van der Waals surface area contributed by atoms with Crippen molar-refractivity contribution in [3.05, 3.63) is 97.1 Å². The van der Waals surface area contributed by atoms with Crippen LogP contribution in [0.1, 0.15) is 27.7 Å². The van der Waals surface area contributed by atoms with E-state index < -0.39 is 18.3 Å². The minimum atomic E-state index is -0.412. The molecule has 9 rings (SSSR count). The van der Waals surface area contributed by atoms with Crippen LogP contribution in [0.15, 0.2) is 106 Å². The number of hydrogen-bond donors (Lipinski definition) is 0. The van der Waals surface area contributed by atoms with Gasteiger partial charge >= 0.3 is 7.12 Å². The van der Waals surface area contributed by atoms with Crippen molar-refractivity contribution in [1.82, 2.24) is 4.98 Å². The maximum atomic E-state index is 6.61. The Morgan fingerprint density at radius 1 is 0.581 bits per heavy atom. The number of hydrogen-bond acceptors (Lipinski definition) is 5. The molecule has 1 fully saturated rings. The molecule has 0 radical (unpaired) electrons. The third-order valence-corrected chi connectivity index (χ3v) is 9.51. The van der Waals surface area contributed by atoms with Crippen LogP contribution in [0.3, 0.4) is 0 Å². The van der Waals surface area contributed by atoms with Crippen LogP contribution in [0, 0.1) is 0 Å². The number of para-hydroxylation sites is 1. The summed E-state index contributed by atoms with van der Waals surface area (Å²) in [7, 11) is -0.412. The first-order valence-electron chi connectivity index (χ1n) is 14.7. The van der Waals surface area contributed by atoms with E-state index in [1.54, 1.807) is 0 Å². The van der Waals surface area contributed by atoms with E-state index in [9.17, 15) is 0 Å². The van der Waals surface area contributed by atoms with Gasteiger partial charge in [-0.1, -0.05) is 66.7 Å². The summed E-state index contributed by atoms with van der Waals surface area (Å²) in [5.41, 5.74) is 4.41. The van der Waals surface area contributed by atoms with Crippen LogP contribution in [-0.2, 0) is 9.31 Å². The second kappa shape index (κ2) is 8.47. The largest absolute Gasteiger partial charge is 0.494 e. The van der Waals surface area contributed by atoms with E-state index in [0.29, 0.717) is 5.89 Å². The van der Waals surface area contributed by atoms with Crippen LogP contribution in [0.4, 0.5) is 0 Å². The van der Waals surface area contributed by atoms with Crippen molar-refractivity contribution < 1.29 is 18.1 Å². The van der Waals surface area contributed by atoms with Gasteiger partial charge in [0.05, 0.1) is 11.2 Å². The molecule has 3 heterocycles. The van der Waals surface area contributed by atoms with Gasteiger partial charge in [0.25, 0.3) is 0 Å². The van der Waals surface area contributed by atoms with E-state index in [1.807, 2.05) is 30.3 Å². The predicted molar refractivity (Wildman–Crippen MR) is 175 cm³/mol. The van der Waals surface area contributed by atoms with Crippen molar-refractivity contribution in [2.45, 2.75) is 38.9 Å². The minimum Gasteiger partial charge on any atom is -0.456 e. The molecular formula is C37H28BNO4. The van der Waals surface area contributed by atoms with E-state index in [1.165, 1.54) is 0 Å². The maximum absolute atomic E-state index is 6.61. The van der Waals surface area contributed by atoms with Gasteiger partial charge in [-0.25, -0.2) is 4.98 Å². The van der Waals surface area contributed by atoms with Crippen LogP contribution in [-0.4, -0.2) is 23.3 Å². The van der Waals surface area contributed by atoms with Gasteiger partial charge < -0.3 is 18.1 Å². The Labute approximate surface area is 248 Å². The summed E-state index contributed by atoms with van der Waals surface area (Å²) < 4.78 is 25.5. The highest BCUT2D eigenvalue weighted by molar-refractivity contribution is 6.62. The highest BCUT2D eigenvalue weighted by atomic mass is 16.7. The molecule has 0 N–H and O–H groups in total. The number of nitrogens with zero attached hydrogens (tertiary/aromatic N) is 1. The Kier molecular flexibility index (Phi) is 4.91. The van der Waals surface area contributed by atoms with E-state index in [-0.39, 0.29) is 0 Å². The fourth-order valence-electron chi connectivity index (χ4n) is 6.47. The molecule has 0 atom stereocenters. The number of benzene rings is 6. The van der Waals surface area contributed by atoms with Gasteiger partial charge in [0.1, 0.15) is 16.7 Å². The Morgan fingerprint density at radius 3 is 2.07 bits per heavy atom. The Morgan fingerprint density at radius 2 is 1.26 bits per heavy atom. The molecule has 0 spiro atoms. The van der Waals surface area contributed by atoms with E-state index in [0.717, 1.165) is 76.4 Å². The third kappa shape index (κ3) is 3.57. The number of oxazole rings is 1. The zero-order valence-corrected chi connectivity index (χ0v) is 24.4. The summed E-state index contributed by atoms with van der Waals surface area (Å²) in [4.78, 5) is 4.93. The molecule has 0 aliphatic carbocycles. The van der Waals surface area contributed by atoms with Crippen LogP contribution >= 0.6 is 0 Å². The summed E-state index contributed by atoms with van der Waals surface area (Å²) in [6.07, 6.45) is 0. The molecule has 0 saturated carbocycles. The average Bonchev–Trinajstić information content (AvgIpc) is 3.67. The molecule has 8 aromatic rings. The first-order chi connectivity index (χ1) is 20.8. The van der Waals surface area contributed by atoms with Crippen molar-refractivity contribution >= 4 is 77.9 Å². The Balaban J connectivity index is 1.22. The summed E-state index contributed by atoms with van der Waals surface area (Å²) >= 11 is 0. The molecular weight excluding hydrogens is 533 g/mol. The predicted octanol–water partition coefficient (Wildman–Crippen LogP) is 9.15. The van der Waals surface area contributed by atoms with Gasteiger partial charge in [0.15, 0.2) is 5.58 Å². The van der Waals surface area contributed by atoms with Crippen molar-refractivity contribution in [1.29, 1.82) is 0 Å². The molecule has 0 unspecified atom stereocenters. The zero-order valence-electron chi connectivity index (χ0n) is 24.4. The highest BCUT2D eigenvalue weighted by Crippen LogP contribution is 2.40. The number of fused-ring (bicyclic) bond motifs is 10. The first kappa shape index (κ1) is 24.9. The van der Waals surface area contributed by atoms with Gasteiger partial charge in [-0.05, 0) is 85.0 Å². The van der Waals surface area contributed by atoms with Gasteiger partial charge in [0.2, 0.25) is 5.89 Å². The summed E-state index contributed by atoms with van der Waals surface area (Å²) in [6, 6.07) is 33.6. The monoisotopic (exact) mass is 561 g/mol.